The van der Waals surface area contributed by atoms with E-state index in [0.717, 1.165) is 12.8 Å². The van der Waals surface area contributed by atoms with Crippen molar-refractivity contribution in [2.24, 2.45) is 17.8 Å². The average molecular weight is 239 g/mol. The molecule has 0 spiro atoms. The van der Waals surface area contributed by atoms with Crippen LogP contribution in [0.15, 0.2) is 0 Å². The highest BCUT2D eigenvalue weighted by atomic mass is 16.3. The second kappa shape index (κ2) is 4.09. The fraction of sp³-hybridized carbons (Fsp3) is 0.846. The summed E-state index contributed by atoms with van der Waals surface area (Å²) in [6.07, 6.45) is 2.13. The molecule has 1 saturated carbocycles. The lowest BCUT2D eigenvalue weighted by atomic mass is 10.00. The molecule has 2 amide bonds. The Morgan fingerprint density at radius 1 is 1.24 bits per heavy atom. The van der Waals surface area contributed by atoms with Gasteiger partial charge >= 0.3 is 0 Å². The first-order valence-corrected chi connectivity index (χ1v) is 6.37. The Morgan fingerprint density at radius 3 is 2.12 bits per heavy atom. The second-order valence-electron chi connectivity index (χ2n) is 6.18. The number of hydrogen-bond acceptors (Lipinski definition) is 3. The number of fused-ring (bicyclic) bond motifs is 1. The average Bonchev–Trinajstić information content (AvgIpc) is 2.65. The molecular formula is C13H21NO3. The Labute approximate surface area is 102 Å². The van der Waals surface area contributed by atoms with E-state index < -0.39 is 5.60 Å². The van der Waals surface area contributed by atoms with Crippen LogP contribution in [-0.4, -0.2) is 34.0 Å². The van der Waals surface area contributed by atoms with Crippen LogP contribution in [0.1, 0.15) is 40.0 Å². The zero-order valence-corrected chi connectivity index (χ0v) is 10.8. The number of aliphatic hydroxyl groups is 1. The molecule has 2 unspecified atom stereocenters. The van der Waals surface area contributed by atoms with Crippen LogP contribution in [0.2, 0.25) is 0 Å². The highest BCUT2D eigenvalue weighted by molar-refractivity contribution is 6.05. The van der Waals surface area contributed by atoms with E-state index >= 15 is 0 Å². The summed E-state index contributed by atoms with van der Waals surface area (Å²) in [4.78, 5) is 25.5. The van der Waals surface area contributed by atoms with Crippen molar-refractivity contribution in [2.75, 3.05) is 6.54 Å². The van der Waals surface area contributed by atoms with Gasteiger partial charge in [0.25, 0.3) is 0 Å². The van der Waals surface area contributed by atoms with Crippen molar-refractivity contribution in [1.82, 2.24) is 4.90 Å². The van der Waals surface area contributed by atoms with Gasteiger partial charge in [-0.15, -0.1) is 0 Å². The quantitative estimate of drug-likeness (QED) is 0.752. The highest BCUT2D eigenvalue weighted by Crippen LogP contribution is 2.42. The minimum atomic E-state index is -0.828. The molecule has 17 heavy (non-hydrogen) atoms. The minimum Gasteiger partial charge on any atom is -0.390 e. The van der Waals surface area contributed by atoms with E-state index in [1.54, 1.807) is 13.8 Å². The SMILES string of the molecule is CC1CC2C(=O)N(CCC(C)(C)O)C(=O)C2C1. The van der Waals surface area contributed by atoms with Crippen LogP contribution in [0.3, 0.4) is 0 Å². The highest BCUT2D eigenvalue weighted by Gasteiger charge is 2.51. The zero-order chi connectivity index (χ0) is 12.8. The first-order valence-electron chi connectivity index (χ1n) is 6.37. The number of amides is 2. The van der Waals surface area contributed by atoms with Gasteiger partial charge in [-0.1, -0.05) is 6.92 Å². The molecule has 1 aliphatic carbocycles. The van der Waals surface area contributed by atoms with Gasteiger partial charge in [-0.25, -0.2) is 0 Å². The molecule has 1 saturated heterocycles. The van der Waals surface area contributed by atoms with Crippen LogP contribution in [0, 0.1) is 17.8 Å². The maximum atomic E-state index is 12.1. The predicted molar refractivity (Wildman–Crippen MR) is 63.0 cm³/mol. The number of carbonyl (C=O) groups is 2. The molecule has 1 N–H and O–H groups in total. The fourth-order valence-corrected chi connectivity index (χ4v) is 2.95. The van der Waals surface area contributed by atoms with Crippen molar-refractivity contribution >= 4 is 11.8 Å². The second-order valence-corrected chi connectivity index (χ2v) is 6.18. The predicted octanol–water partition coefficient (Wildman–Crippen LogP) is 1.18. The zero-order valence-electron chi connectivity index (χ0n) is 10.8. The first-order chi connectivity index (χ1) is 7.79. The van der Waals surface area contributed by atoms with Crippen LogP contribution in [0.5, 0.6) is 0 Å². The number of hydrogen-bond donors (Lipinski definition) is 1. The molecule has 96 valence electrons. The van der Waals surface area contributed by atoms with Crippen LogP contribution in [0.25, 0.3) is 0 Å². The lowest BCUT2D eigenvalue weighted by Gasteiger charge is -2.22. The van der Waals surface area contributed by atoms with Gasteiger partial charge in [0, 0.05) is 6.54 Å². The van der Waals surface area contributed by atoms with Crippen molar-refractivity contribution in [3.8, 4) is 0 Å². The summed E-state index contributed by atoms with van der Waals surface area (Å²) in [5, 5.41) is 9.65. The van der Waals surface area contributed by atoms with Crippen LogP contribution in [0.4, 0.5) is 0 Å². The molecule has 4 nitrogen and oxygen atoms in total. The van der Waals surface area contributed by atoms with Gasteiger partial charge in [-0.05, 0) is 39.0 Å². The topological polar surface area (TPSA) is 57.6 Å². The number of nitrogens with zero attached hydrogens (tertiary/aromatic N) is 1. The van der Waals surface area contributed by atoms with E-state index in [4.69, 9.17) is 0 Å². The summed E-state index contributed by atoms with van der Waals surface area (Å²) < 4.78 is 0. The third-order valence-electron chi connectivity index (χ3n) is 3.91. The van der Waals surface area contributed by atoms with Crippen molar-refractivity contribution in [2.45, 2.75) is 45.6 Å². The Bertz CT molecular complexity index is 321. The molecule has 0 bridgehead atoms. The molecule has 2 fully saturated rings. The van der Waals surface area contributed by atoms with Gasteiger partial charge in [0.2, 0.25) is 11.8 Å². The number of likely N-dealkylation sites (tertiary alicyclic amines) is 1. The smallest absolute Gasteiger partial charge is 0.233 e. The molecule has 2 rings (SSSR count). The van der Waals surface area contributed by atoms with Crippen molar-refractivity contribution < 1.29 is 14.7 Å². The normalized spacial score (nSPS) is 33.4. The third-order valence-corrected chi connectivity index (χ3v) is 3.91. The Kier molecular flexibility index (Phi) is 3.02. The number of rotatable bonds is 3. The van der Waals surface area contributed by atoms with E-state index in [0.29, 0.717) is 18.9 Å². The van der Waals surface area contributed by atoms with Gasteiger partial charge in [0.05, 0.1) is 17.4 Å². The molecular weight excluding hydrogens is 218 g/mol. The standard InChI is InChI=1S/C13H21NO3/c1-8-6-9-10(7-8)12(16)14(11(9)15)5-4-13(2,3)17/h8-10,17H,4-7H2,1-3H3. The van der Waals surface area contributed by atoms with Crippen molar-refractivity contribution in [3.05, 3.63) is 0 Å². The van der Waals surface area contributed by atoms with E-state index in [-0.39, 0.29) is 23.7 Å². The largest absolute Gasteiger partial charge is 0.390 e. The molecule has 2 aliphatic rings. The monoisotopic (exact) mass is 239 g/mol. The van der Waals surface area contributed by atoms with Gasteiger partial charge in [0.1, 0.15) is 0 Å². The summed E-state index contributed by atoms with van der Waals surface area (Å²) in [6.45, 7) is 5.84. The lowest BCUT2D eigenvalue weighted by Crippen LogP contribution is -2.36. The van der Waals surface area contributed by atoms with Crippen LogP contribution < -0.4 is 0 Å². The fourth-order valence-electron chi connectivity index (χ4n) is 2.95. The molecule has 1 aliphatic heterocycles. The maximum Gasteiger partial charge on any atom is 0.233 e. The van der Waals surface area contributed by atoms with Gasteiger partial charge in [-0.2, -0.15) is 0 Å². The Hall–Kier alpha value is -0.900. The molecule has 1 heterocycles. The van der Waals surface area contributed by atoms with Gasteiger partial charge < -0.3 is 5.11 Å². The molecule has 0 aromatic carbocycles. The van der Waals surface area contributed by atoms with Gasteiger partial charge in [-0.3, -0.25) is 14.5 Å². The summed E-state index contributed by atoms with van der Waals surface area (Å²) in [5.41, 5.74) is -0.828. The van der Waals surface area contributed by atoms with Crippen LogP contribution in [-0.2, 0) is 9.59 Å². The summed E-state index contributed by atoms with van der Waals surface area (Å²) in [5.74, 6) is 0.273. The van der Waals surface area contributed by atoms with E-state index in [2.05, 4.69) is 6.92 Å². The number of carbonyl (C=O) groups excluding carboxylic acids is 2. The summed E-state index contributed by atoms with van der Waals surface area (Å²) >= 11 is 0. The first kappa shape index (κ1) is 12.6. The third kappa shape index (κ3) is 2.37. The van der Waals surface area contributed by atoms with Crippen molar-refractivity contribution in [1.29, 1.82) is 0 Å². The Balaban J connectivity index is 2.02. The summed E-state index contributed by atoms with van der Waals surface area (Å²) in [6, 6.07) is 0. The molecule has 0 aromatic heterocycles. The Morgan fingerprint density at radius 2 is 1.71 bits per heavy atom. The molecule has 0 aromatic rings. The summed E-state index contributed by atoms with van der Waals surface area (Å²) in [7, 11) is 0. The van der Waals surface area contributed by atoms with E-state index in [1.807, 2.05) is 0 Å². The van der Waals surface area contributed by atoms with Crippen LogP contribution >= 0.6 is 0 Å². The maximum absolute atomic E-state index is 12.1. The lowest BCUT2D eigenvalue weighted by molar-refractivity contribution is -0.141. The van der Waals surface area contributed by atoms with Gasteiger partial charge in [0.15, 0.2) is 0 Å². The molecule has 2 atom stereocenters. The molecule has 4 heteroatoms. The van der Waals surface area contributed by atoms with E-state index in [1.165, 1.54) is 4.90 Å². The molecule has 0 radical (unpaired) electrons. The minimum absolute atomic E-state index is 0.0198. The van der Waals surface area contributed by atoms with E-state index in [9.17, 15) is 14.7 Å². The van der Waals surface area contributed by atoms with Crippen molar-refractivity contribution in [3.63, 3.8) is 0 Å². The number of imide groups is 1.